The Bertz CT molecular complexity index is 1120. The Morgan fingerprint density at radius 2 is 1.34 bits per heavy atom. The van der Waals surface area contributed by atoms with Gasteiger partial charge in [0.25, 0.3) is 0 Å². The molecule has 0 aliphatic heterocycles. The van der Waals surface area contributed by atoms with Gasteiger partial charge in [0.2, 0.25) is 11.8 Å². The number of rotatable bonds is 11. The Balaban J connectivity index is 1.69. The van der Waals surface area contributed by atoms with Crippen LogP contribution in [0.5, 0.6) is 5.75 Å². The first kappa shape index (κ1) is 25.5. The fourth-order valence-electron chi connectivity index (χ4n) is 3.65. The van der Waals surface area contributed by atoms with Gasteiger partial charge in [0.1, 0.15) is 24.4 Å². The molecule has 0 heterocycles. The lowest BCUT2D eigenvalue weighted by atomic mass is 10.0. The zero-order valence-electron chi connectivity index (χ0n) is 19.9. The molecule has 0 fully saturated rings. The number of hydrogen-bond donors (Lipinski definition) is 2. The van der Waals surface area contributed by atoms with E-state index in [0.29, 0.717) is 18.8 Å². The number of benzene rings is 3. The van der Waals surface area contributed by atoms with Gasteiger partial charge in [-0.1, -0.05) is 72.8 Å². The van der Waals surface area contributed by atoms with Gasteiger partial charge < -0.3 is 20.1 Å². The van der Waals surface area contributed by atoms with Crippen molar-refractivity contribution in [2.75, 3.05) is 7.11 Å². The van der Waals surface area contributed by atoms with Gasteiger partial charge in [-0.3, -0.25) is 9.59 Å². The Morgan fingerprint density at radius 3 is 1.97 bits per heavy atom. The summed E-state index contributed by atoms with van der Waals surface area (Å²) in [6.45, 7) is 1.77. The van der Waals surface area contributed by atoms with Crippen molar-refractivity contribution in [1.29, 1.82) is 0 Å². The molecule has 2 amide bonds. The summed E-state index contributed by atoms with van der Waals surface area (Å²) >= 11 is 0. The minimum Gasteiger partial charge on any atom is -0.489 e. The molecular formula is C28H30N2O5. The van der Waals surface area contributed by atoms with Crippen LogP contribution in [0.15, 0.2) is 84.9 Å². The normalized spacial score (nSPS) is 12.2. The maximum atomic E-state index is 13.1. The summed E-state index contributed by atoms with van der Waals surface area (Å²) in [4.78, 5) is 37.3. The lowest BCUT2D eigenvalue weighted by molar-refractivity contribution is -0.145. The van der Waals surface area contributed by atoms with Crippen LogP contribution < -0.4 is 15.4 Å². The fraction of sp³-hybridized carbons (Fsp3) is 0.250. The van der Waals surface area contributed by atoms with Crippen molar-refractivity contribution in [1.82, 2.24) is 10.6 Å². The first-order valence-corrected chi connectivity index (χ1v) is 11.4. The summed E-state index contributed by atoms with van der Waals surface area (Å²) in [5.41, 5.74) is 2.73. The van der Waals surface area contributed by atoms with Gasteiger partial charge in [-0.2, -0.15) is 0 Å². The van der Waals surface area contributed by atoms with Gasteiger partial charge in [0, 0.05) is 19.8 Å². The van der Waals surface area contributed by atoms with E-state index >= 15 is 0 Å². The van der Waals surface area contributed by atoms with Crippen molar-refractivity contribution in [2.45, 2.75) is 38.5 Å². The number of esters is 1. The van der Waals surface area contributed by atoms with E-state index in [1.807, 2.05) is 84.9 Å². The molecule has 0 saturated heterocycles. The number of carbonyl (C=O) groups is 3. The van der Waals surface area contributed by atoms with Crippen molar-refractivity contribution >= 4 is 17.8 Å². The smallest absolute Gasteiger partial charge is 0.328 e. The van der Waals surface area contributed by atoms with Crippen molar-refractivity contribution in [3.8, 4) is 5.75 Å². The standard InChI is InChI=1S/C28H30N2O5/c1-20(31)29-25(17-21-10-5-3-6-11-21)27(32)30-26(28(33)34-2)18-23-14-9-15-24(16-23)35-19-22-12-7-4-8-13-22/h3-16,25-26H,17-19H2,1-2H3,(H,29,31)(H,30,32)/t25-,26+/m1/s1. The van der Waals surface area contributed by atoms with Gasteiger partial charge in [0.15, 0.2) is 0 Å². The third-order valence-electron chi connectivity index (χ3n) is 5.37. The van der Waals surface area contributed by atoms with Crippen molar-refractivity contribution < 1.29 is 23.9 Å². The second-order valence-corrected chi connectivity index (χ2v) is 8.15. The average molecular weight is 475 g/mol. The molecule has 0 aliphatic rings. The van der Waals surface area contributed by atoms with Gasteiger partial charge in [0.05, 0.1) is 7.11 Å². The van der Waals surface area contributed by atoms with Gasteiger partial charge in [-0.15, -0.1) is 0 Å². The molecule has 0 bridgehead atoms. The van der Waals surface area contributed by atoms with Crippen LogP contribution in [0.3, 0.4) is 0 Å². The van der Waals surface area contributed by atoms with Crippen LogP contribution in [0.2, 0.25) is 0 Å². The summed E-state index contributed by atoms with van der Waals surface area (Å²) in [5, 5.41) is 5.42. The lowest BCUT2D eigenvalue weighted by Crippen LogP contribution is -2.53. The molecule has 7 nitrogen and oxygen atoms in total. The Kier molecular flexibility index (Phi) is 9.42. The fourth-order valence-corrected chi connectivity index (χ4v) is 3.65. The van der Waals surface area contributed by atoms with Crippen LogP contribution in [0, 0.1) is 0 Å². The van der Waals surface area contributed by atoms with Gasteiger partial charge >= 0.3 is 5.97 Å². The van der Waals surface area contributed by atoms with Crippen LogP contribution in [-0.4, -0.2) is 37.0 Å². The third kappa shape index (κ3) is 8.30. The number of hydrogen-bond acceptors (Lipinski definition) is 5. The number of methoxy groups -OCH3 is 1. The lowest BCUT2D eigenvalue weighted by Gasteiger charge is -2.22. The molecule has 182 valence electrons. The summed E-state index contributed by atoms with van der Waals surface area (Å²) in [7, 11) is 1.27. The predicted octanol–water partition coefficient (Wildman–Crippen LogP) is 3.21. The highest BCUT2D eigenvalue weighted by atomic mass is 16.5. The van der Waals surface area contributed by atoms with Crippen LogP contribution in [0.1, 0.15) is 23.6 Å². The molecule has 0 aromatic heterocycles. The molecule has 0 aliphatic carbocycles. The van der Waals surface area contributed by atoms with Gasteiger partial charge in [-0.05, 0) is 28.8 Å². The maximum absolute atomic E-state index is 13.1. The molecule has 0 radical (unpaired) electrons. The predicted molar refractivity (Wildman–Crippen MR) is 133 cm³/mol. The Hall–Kier alpha value is -4.13. The van der Waals surface area contributed by atoms with E-state index in [0.717, 1.165) is 16.7 Å². The first-order valence-electron chi connectivity index (χ1n) is 11.4. The van der Waals surface area contributed by atoms with Crippen molar-refractivity contribution in [2.24, 2.45) is 0 Å². The van der Waals surface area contributed by atoms with Crippen LogP contribution in [0.4, 0.5) is 0 Å². The molecule has 0 saturated carbocycles. The van der Waals surface area contributed by atoms with E-state index in [2.05, 4.69) is 10.6 Å². The highest BCUT2D eigenvalue weighted by Crippen LogP contribution is 2.17. The third-order valence-corrected chi connectivity index (χ3v) is 5.37. The highest BCUT2D eigenvalue weighted by Gasteiger charge is 2.27. The second kappa shape index (κ2) is 12.9. The van der Waals surface area contributed by atoms with E-state index in [-0.39, 0.29) is 12.3 Å². The zero-order valence-corrected chi connectivity index (χ0v) is 19.9. The van der Waals surface area contributed by atoms with Crippen LogP contribution >= 0.6 is 0 Å². The molecule has 0 spiro atoms. The Labute approximate surface area is 205 Å². The van der Waals surface area contributed by atoms with E-state index in [1.54, 1.807) is 0 Å². The van der Waals surface area contributed by atoms with Crippen molar-refractivity contribution in [3.05, 3.63) is 102 Å². The van der Waals surface area contributed by atoms with E-state index in [4.69, 9.17) is 9.47 Å². The number of ether oxygens (including phenoxy) is 2. The molecular weight excluding hydrogens is 444 g/mol. The quantitative estimate of drug-likeness (QED) is 0.416. The van der Waals surface area contributed by atoms with E-state index in [9.17, 15) is 14.4 Å². The SMILES string of the molecule is COC(=O)[C@H](Cc1cccc(OCc2ccccc2)c1)NC(=O)[C@@H](Cc1ccccc1)NC(C)=O. The van der Waals surface area contributed by atoms with E-state index < -0.39 is 24.0 Å². The summed E-state index contributed by atoms with van der Waals surface area (Å²) in [6.07, 6.45) is 0.502. The Morgan fingerprint density at radius 1 is 0.743 bits per heavy atom. The molecule has 2 N–H and O–H groups in total. The average Bonchev–Trinajstić information content (AvgIpc) is 2.87. The molecule has 3 aromatic carbocycles. The summed E-state index contributed by atoms with van der Waals surface area (Å²) < 4.78 is 10.8. The molecule has 35 heavy (non-hydrogen) atoms. The molecule has 0 unspecified atom stereocenters. The van der Waals surface area contributed by atoms with Crippen LogP contribution in [-0.2, 0) is 38.6 Å². The molecule has 7 heteroatoms. The highest BCUT2D eigenvalue weighted by molar-refractivity contribution is 5.90. The van der Waals surface area contributed by atoms with Crippen LogP contribution in [0.25, 0.3) is 0 Å². The summed E-state index contributed by atoms with van der Waals surface area (Å²) in [6, 6.07) is 24.8. The van der Waals surface area contributed by atoms with Gasteiger partial charge in [-0.25, -0.2) is 4.79 Å². The topological polar surface area (TPSA) is 93.7 Å². The minimum atomic E-state index is -0.927. The number of carbonyl (C=O) groups excluding carboxylic acids is 3. The number of amides is 2. The second-order valence-electron chi connectivity index (χ2n) is 8.15. The van der Waals surface area contributed by atoms with E-state index in [1.165, 1.54) is 14.0 Å². The number of nitrogens with one attached hydrogen (secondary N) is 2. The summed E-state index contributed by atoms with van der Waals surface area (Å²) in [5.74, 6) is -0.716. The largest absolute Gasteiger partial charge is 0.489 e. The molecule has 3 rings (SSSR count). The maximum Gasteiger partial charge on any atom is 0.328 e. The molecule has 3 aromatic rings. The van der Waals surface area contributed by atoms with Crippen molar-refractivity contribution in [3.63, 3.8) is 0 Å². The molecule has 2 atom stereocenters. The monoisotopic (exact) mass is 474 g/mol. The first-order chi connectivity index (χ1) is 16.9. The zero-order chi connectivity index (χ0) is 25.0. The minimum absolute atomic E-state index is 0.207.